The van der Waals surface area contributed by atoms with E-state index >= 15 is 0 Å². The molecule has 284 valence electrons. The van der Waals surface area contributed by atoms with Gasteiger partial charge in [0, 0.05) is 12.8 Å². The van der Waals surface area contributed by atoms with E-state index < -0.39 is 6.10 Å². The number of rotatable bonds is 35. The van der Waals surface area contributed by atoms with E-state index in [1.54, 1.807) is 0 Å². The van der Waals surface area contributed by atoms with E-state index in [1.807, 2.05) is 0 Å². The van der Waals surface area contributed by atoms with Gasteiger partial charge < -0.3 is 14.6 Å². The van der Waals surface area contributed by atoms with Gasteiger partial charge in [-0.1, -0.05) is 157 Å². The van der Waals surface area contributed by atoms with E-state index in [9.17, 15) is 14.7 Å². The van der Waals surface area contributed by atoms with Crippen molar-refractivity contribution >= 4 is 11.9 Å². The topological polar surface area (TPSA) is 72.8 Å². The van der Waals surface area contributed by atoms with Crippen molar-refractivity contribution in [1.29, 1.82) is 0 Å². The maximum atomic E-state index is 12.2. The van der Waals surface area contributed by atoms with Crippen LogP contribution in [0, 0.1) is 0 Å². The zero-order chi connectivity index (χ0) is 36.4. The molecule has 1 N–H and O–H groups in total. The van der Waals surface area contributed by atoms with Gasteiger partial charge >= 0.3 is 11.9 Å². The largest absolute Gasteiger partial charge is 0.462 e. The lowest BCUT2D eigenvalue weighted by molar-refractivity contribution is -0.161. The standard InChI is InChI=1S/C45H74O5/c1-3-5-7-9-11-13-15-17-18-19-20-21-22-23-24-25-26-28-30-32-34-36-38-40-45(48)50-43(41-46)42-49-44(47)39-37-35-33-31-29-27-16-14-12-10-8-6-4-2/h5-8,11-14,17-18,20-21,27,29,43,46H,3-4,9-10,15-16,19,22-26,28,30-42H2,1-2H3/b7-5-,8-6-,13-11-,14-12-,18-17-,21-20-,29-27-. The number of esters is 2. The molecule has 0 heterocycles. The predicted molar refractivity (Wildman–Crippen MR) is 214 cm³/mol. The first-order valence-corrected chi connectivity index (χ1v) is 20.1. The zero-order valence-electron chi connectivity index (χ0n) is 32.1. The zero-order valence-corrected chi connectivity index (χ0v) is 32.1. The van der Waals surface area contributed by atoms with Gasteiger partial charge in [0.05, 0.1) is 6.61 Å². The number of hydrogen-bond donors (Lipinski definition) is 1. The van der Waals surface area contributed by atoms with Crippen LogP contribution in [0.3, 0.4) is 0 Å². The summed E-state index contributed by atoms with van der Waals surface area (Å²) in [6, 6.07) is 0. The lowest BCUT2D eigenvalue weighted by atomic mass is 10.0. The van der Waals surface area contributed by atoms with E-state index in [4.69, 9.17) is 9.47 Å². The highest BCUT2D eigenvalue weighted by Crippen LogP contribution is 2.13. The molecule has 0 aromatic carbocycles. The average molecular weight is 695 g/mol. The van der Waals surface area contributed by atoms with Crippen molar-refractivity contribution in [1.82, 2.24) is 0 Å². The Morgan fingerprint density at radius 2 is 0.800 bits per heavy atom. The van der Waals surface area contributed by atoms with E-state index in [0.29, 0.717) is 12.8 Å². The van der Waals surface area contributed by atoms with Gasteiger partial charge in [-0.25, -0.2) is 0 Å². The Hall–Kier alpha value is -2.92. The quantitative estimate of drug-likeness (QED) is 0.0406. The molecule has 0 amide bonds. The number of allylic oxidation sites excluding steroid dienone is 14. The van der Waals surface area contributed by atoms with Gasteiger partial charge in [0.2, 0.25) is 0 Å². The van der Waals surface area contributed by atoms with Crippen LogP contribution in [-0.4, -0.2) is 36.4 Å². The first-order valence-electron chi connectivity index (χ1n) is 20.1. The van der Waals surface area contributed by atoms with Gasteiger partial charge in [0.25, 0.3) is 0 Å². The van der Waals surface area contributed by atoms with Crippen LogP contribution in [-0.2, 0) is 19.1 Å². The van der Waals surface area contributed by atoms with Crippen LogP contribution in [0.25, 0.3) is 0 Å². The Labute approximate surface area is 307 Å². The molecule has 5 nitrogen and oxygen atoms in total. The number of hydrogen-bond acceptors (Lipinski definition) is 5. The molecular weight excluding hydrogens is 620 g/mol. The number of carbonyl (C=O) groups excluding carboxylic acids is 2. The summed E-state index contributed by atoms with van der Waals surface area (Å²) < 4.78 is 10.6. The number of aliphatic hydroxyl groups is 1. The molecule has 0 aromatic heterocycles. The highest BCUT2D eigenvalue weighted by atomic mass is 16.6. The fourth-order valence-corrected chi connectivity index (χ4v) is 5.21. The van der Waals surface area contributed by atoms with Gasteiger partial charge in [-0.15, -0.1) is 0 Å². The molecule has 0 saturated carbocycles. The van der Waals surface area contributed by atoms with Crippen LogP contribution in [0.5, 0.6) is 0 Å². The summed E-state index contributed by atoms with van der Waals surface area (Å²) in [5, 5.41) is 9.55. The third kappa shape index (κ3) is 37.9. The minimum atomic E-state index is -0.790. The van der Waals surface area contributed by atoms with Gasteiger partial charge in [-0.05, 0) is 83.5 Å². The fourth-order valence-electron chi connectivity index (χ4n) is 5.21. The van der Waals surface area contributed by atoms with Crippen LogP contribution < -0.4 is 0 Å². The minimum absolute atomic E-state index is 0.0873. The molecule has 0 radical (unpaired) electrons. The molecule has 0 fully saturated rings. The van der Waals surface area contributed by atoms with E-state index in [2.05, 4.69) is 98.9 Å². The third-order valence-corrected chi connectivity index (χ3v) is 8.18. The molecule has 0 aromatic rings. The summed E-state index contributed by atoms with van der Waals surface area (Å²) in [5.74, 6) is -0.638. The lowest BCUT2D eigenvalue weighted by Crippen LogP contribution is -2.28. The second-order valence-corrected chi connectivity index (χ2v) is 12.9. The Morgan fingerprint density at radius 3 is 1.22 bits per heavy atom. The Kier molecular flexibility index (Phi) is 38.1. The normalized spacial score (nSPS) is 13.1. The SMILES string of the molecule is CC/C=C\C/C=C\C/C=C\C/C=C\CCCCCCCCCCCCC(=O)OC(CO)COC(=O)CCCCC/C=C\C/C=C\C/C=C\CC. The Morgan fingerprint density at radius 1 is 0.460 bits per heavy atom. The van der Waals surface area contributed by atoms with Crippen LogP contribution in [0.2, 0.25) is 0 Å². The molecule has 5 heteroatoms. The molecule has 0 rings (SSSR count). The minimum Gasteiger partial charge on any atom is -0.462 e. The van der Waals surface area contributed by atoms with Gasteiger partial charge in [-0.2, -0.15) is 0 Å². The maximum absolute atomic E-state index is 12.2. The third-order valence-electron chi connectivity index (χ3n) is 8.18. The Balaban J connectivity index is 3.60. The molecule has 0 bridgehead atoms. The van der Waals surface area contributed by atoms with Gasteiger partial charge in [0.1, 0.15) is 6.61 Å². The predicted octanol–water partition coefficient (Wildman–Crippen LogP) is 12.7. The van der Waals surface area contributed by atoms with Crippen molar-refractivity contribution in [2.45, 2.75) is 174 Å². The van der Waals surface area contributed by atoms with Crippen molar-refractivity contribution in [3.63, 3.8) is 0 Å². The van der Waals surface area contributed by atoms with Crippen molar-refractivity contribution in [3.8, 4) is 0 Å². The van der Waals surface area contributed by atoms with E-state index in [0.717, 1.165) is 89.9 Å². The number of unbranched alkanes of at least 4 members (excludes halogenated alkanes) is 13. The first kappa shape index (κ1) is 47.1. The molecule has 1 unspecified atom stereocenters. The van der Waals surface area contributed by atoms with Gasteiger partial charge in [0.15, 0.2) is 6.10 Å². The van der Waals surface area contributed by atoms with Crippen molar-refractivity contribution in [2.24, 2.45) is 0 Å². The summed E-state index contributed by atoms with van der Waals surface area (Å²) >= 11 is 0. The van der Waals surface area contributed by atoms with Crippen molar-refractivity contribution in [3.05, 3.63) is 85.1 Å². The first-order chi connectivity index (χ1) is 24.6. The van der Waals surface area contributed by atoms with Crippen molar-refractivity contribution < 1.29 is 24.2 Å². The van der Waals surface area contributed by atoms with Crippen LogP contribution >= 0.6 is 0 Å². The second-order valence-electron chi connectivity index (χ2n) is 12.9. The van der Waals surface area contributed by atoms with E-state index in [1.165, 1.54) is 51.4 Å². The average Bonchev–Trinajstić information content (AvgIpc) is 3.12. The maximum Gasteiger partial charge on any atom is 0.306 e. The highest BCUT2D eigenvalue weighted by molar-refractivity contribution is 5.70. The van der Waals surface area contributed by atoms with Crippen LogP contribution in [0.4, 0.5) is 0 Å². The Bertz CT molecular complexity index is 968. The smallest absolute Gasteiger partial charge is 0.306 e. The number of aliphatic hydroxyl groups excluding tert-OH is 1. The molecule has 0 aliphatic rings. The molecular formula is C45H74O5. The molecule has 1 atom stereocenters. The fraction of sp³-hybridized carbons (Fsp3) is 0.644. The van der Waals surface area contributed by atoms with E-state index in [-0.39, 0.29) is 25.2 Å². The second kappa shape index (κ2) is 40.5. The highest BCUT2D eigenvalue weighted by Gasteiger charge is 2.16. The summed E-state index contributed by atoms with van der Waals surface area (Å²) in [6.45, 7) is 3.87. The summed E-state index contributed by atoms with van der Waals surface area (Å²) in [6.07, 6.45) is 55.1. The van der Waals surface area contributed by atoms with Crippen LogP contribution in [0.15, 0.2) is 85.1 Å². The molecule has 0 aliphatic heterocycles. The lowest BCUT2D eigenvalue weighted by Gasteiger charge is -2.15. The summed E-state index contributed by atoms with van der Waals surface area (Å²) in [5.41, 5.74) is 0. The molecule has 0 saturated heterocycles. The summed E-state index contributed by atoms with van der Waals surface area (Å²) in [4.78, 5) is 24.2. The molecule has 0 spiro atoms. The summed E-state index contributed by atoms with van der Waals surface area (Å²) in [7, 11) is 0. The number of carbonyl (C=O) groups is 2. The number of ether oxygens (including phenoxy) is 2. The van der Waals surface area contributed by atoms with Crippen LogP contribution in [0.1, 0.15) is 168 Å². The van der Waals surface area contributed by atoms with Gasteiger partial charge in [-0.3, -0.25) is 9.59 Å². The van der Waals surface area contributed by atoms with Crippen molar-refractivity contribution in [2.75, 3.05) is 13.2 Å². The monoisotopic (exact) mass is 695 g/mol. The molecule has 0 aliphatic carbocycles. The molecule has 50 heavy (non-hydrogen) atoms.